The summed E-state index contributed by atoms with van der Waals surface area (Å²) in [5.74, 6) is 1.24. The fraction of sp³-hybridized carbons (Fsp3) is 0.923. The highest BCUT2D eigenvalue weighted by atomic mass is 16.4. The van der Waals surface area contributed by atoms with Crippen molar-refractivity contribution in [3.63, 3.8) is 0 Å². The summed E-state index contributed by atoms with van der Waals surface area (Å²) in [7, 11) is 0. The Labute approximate surface area is 93.1 Å². The average molecular weight is 212 g/mol. The summed E-state index contributed by atoms with van der Waals surface area (Å²) in [6.45, 7) is 6.67. The summed E-state index contributed by atoms with van der Waals surface area (Å²) in [6.07, 6.45) is 5.32. The van der Waals surface area contributed by atoms with Crippen molar-refractivity contribution in [2.75, 3.05) is 0 Å². The number of carbonyl (C=O) groups is 1. The monoisotopic (exact) mass is 212 g/mol. The molecule has 2 heteroatoms. The molecule has 1 N–H and O–H groups in total. The van der Waals surface area contributed by atoms with Gasteiger partial charge in [-0.05, 0) is 43.4 Å². The zero-order valence-corrected chi connectivity index (χ0v) is 10.2. The van der Waals surface area contributed by atoms with E-state index in [1.54, 1.807) is 0 Å². The van der Waals surface area contributed by atoms with Crippen molar-refractivity contribution in [3.8, 4) is 0 Å². The molecular weight excluding hydrogens is 188 g/mol. The number of aliphatic carboxylic acids is 1. The molecule has 15 heavy (non-hydrogen) atoms. The summed E-state index contributed by atoms with van der Waals surface area (Å²) >= 11 is 0. The van der Waals surface area contributed by atoms with Gasteiger partial charge in [0, 0.05) is 0 Å². The zero-order chi connectivity index (χ0) is 11.4. The van der Waals surface area contributed by atoms with Crippen molar-refractivity contribution in [2.24, 2.45) is 23.7 Å². The third kappa shape index (κ3) is 3.22. The molecule has 0 aromatic rings. The van der Waals surface area contributed by atoms with E-state index in [1.807, 2.05) is 0 Å². The van der Waals surface area contributed by atoms with Crippen molar-refractivity contribution in [1.82, 2.24) is 0 Å². The molecule has 0 heterocycles. The topological polar surface area (TPSA) is 37.3 Å². The van der Waals surface area contributed by atoms with Gasteiger partial charge in [-0.1, -0.05) is 27.2 Å². The van der Waals surface area contributed by atoms with Gasteiger partial charge in [0.05, 0.1) is 5.92 Å². The highest BCUT2D eigenvalue weighted by Crippen LogP contribution is 2.39. The molecule has 3 unspecified atom stereocenters. The van der Waals surface area contributed by atoms with Crippen LogP contribution in [0.1, 0.15) is 52.9 Å². The Kier molecular flexibility index (Phi) is 4.62. The lowest BCUT2D eigenvalue weighted by atomic mass is 9.69. The third-order valence-corrected chi connectivity index (χ3v) is 3.94. The standard InChI is InChI=1S/C13H24O2/c1-4-5-11-8-10(9(2)3)6-7-12(11)13(14)15/h9-12H,4-8H2,1-3H3,(H,14,15). The Bertz CT molecular complexity index is 211. The molecule has 0 aromatic heterocycles. The van der Waals surface area contributed by atoms with Crippen molar-refractivity contribution in [3.05, 3.63) is 0 Å². The van der Waals surface area contributed by atoms with Gasteiger partial charge < -0.3 is 5.11 Å². The zero-order valence-electron chi connectivity index (χ0n) is 10.2. The third-order valence-electron chi connectivity index (χ3n) is 3.94. The summed E-state index contributed by atoms with van der Waals surface area (Å²) < 4.78 is 0. The van der Waals surface area contributed by atoms with E-state index in [9.17, 15) is 4.79 Å². The smallest absolute Gasteiger partial charge is 0.306 e. The van der Waals surface area contributed by atoms with E-state index in [-0.39, 0.29) is 5.92 Å². The lowest BCUT2D eigenvalue weighted by molar-refractivity contribution is -0.145. The molecule has 1 saturated carbocycles. The summed E-state index contributed by atoms with van der Waals surface area (Å²) in [5, 5.41) is 9.16. The van der Waals surface area contributed by atoms with E-state index < -0.39 is 5.97 Å². The summed E-state index contributed by atoms with van der Waals surface area (Å²) in [5.41, 5.74) is 0. The number of hydrogen-bond donors (Lipinski definition) is 1. The Balaban J connectivity index is 2.60. The second-order valence-electron chi connectivity index (χ2n) is 5.31. The first kappa shape index (κ1) is 12.5. The van der Waals surface area contributed by atoms with Gasteiger partial charge in [-0.3, -0.25) is 4.79 Å². The maximum absolute atomic E-state index is 11.1. The Hall–Kier alpha value is -0.530. The normalized spacial score (nSPS) is 31.9. The highest BCUT2D eigenvalue weighted by molar-refractivity contribution is 5.70. The van der Waals surface area contributed by atoms with E-state index >= 15 is 0 Å². The predicted octanol–water partition coefficient (Wildman–Crippen LogP) is 3.56. The van der Waals surface area contributed by atoms with Crippen LogP contribution in [0, 0.1) is 23.7 Å². The fourth-order valence-electron chi connectivity index (χ4n) is 2.92. The minimum absolute atomic E-state index is 0.0695. The van der Waals surface area contributed by atoms with Crippen molar-refractivity contribution in [2.45, 2.75) is 52.9 Å². The van der Waals surface area contributed by atoms with Crippen LogP contribution in [0.15, 0.2) is 0 Å². The number of rotatable bonds is 4. The van der Waals surface area contributed by atoms with Gasteiger partial charge >= 0.3 is 5.97 Å². The molecule has 0 amide bonds. The van der Waals surface area contributed by atoms with Crippen molar-refractivity contribution in [1.29, 1.82) is 0 Å². The molecule has 0 radical (unpaired) electrons. The minimum Gasteiger partial charge on any atom is -0.481 e. The Morgan fingerprint density at radius 2 is 2.07 bits per heavy atom. The first-order chi connectivity index (χ1) is 7.06. The molecule has 0 bridgehead atoms. The minimum atomic E-state index is -0.573. The molecule has 2 nitrogen and oxygen atoms in total. The van der Waals surface area contributed by atoms with Crippen molar-refractivity contribution >= 4 is 5.97 Å². The van der Waals surface area contributed by atoms with E-state index in [0.29, 0.717) is 11.8 Å². The number of carboxylic acids is 1. The van der Waals surface area contributed by atoms with Crippen LogP contribution in [0.25, 0.3) is 0 Å². The maximum Gasteiger partial charge on any atom is 0.306 e. The van der Waals surface area contributed by atoms with Crippen LogP contribution >= 0.6 is 0 Å². The van der Waals surface area contributed by atoms with Crippen LogP contribution < -0.4 is 0 Å². The molecule has 1 aliphatic rings. The molecule has 0 aromatic carbocycles. The van der Waals surface area contributed by atoms with Gasteiger partial charge in [0.2, 0.25) is 0 Å². The van der Waals surface area contributed by atoms with E-state index in [4.69, 9.17) is 5.11 Å². The number of carboxylic acid groups (broad SMARTS) is 1. The molecular formula is C13H24O2. The molecule has 1 aliphatic carbocycles. The molecule has 1 rings (SSSR count). The van der Waals surface area contributed by atoms with Crippen molar-refractivity contribution < 1.29 is 9.90 Å². The van der Waals surface area contributed by atoms with Gasteiger partial charge in [0.25, 0.3) is 0 Å². The quantitative estimate of drug-likeness (QED) is 0.773. The molecule has 88 valence electrons. The van der Waals surface area contributed by atoms with Crippen LogP contribution in [-0.2, 0) is 4.79 Å². The molecule has 0 spiro atoms. The summed E-state index contributed by atoms with van der Waals surface area (Å²) in [6, 6.07) is 0. The van der Waals surface area contributed by atoms with Gasteiger partial charge in [0.15, 0.2) is 0 Å². The van der Waals surface area contributed by atoms with Crippen LogP contribution in [-0.4, -0.2) is 11.1 Å². The lowest BCUT2D eigenvalue weighted by Crippen LogP contribution is -2.32. The fourth-order valence-corrected chi connectivity index (χ4v) is 2.92. The first-order valence-electron chi connectivity index (χ1n) is 6.29. The molecule has 1 fully saturated rings. The highest BCUT2D eigenvalue weighted by Gasteiger charge is 2.35. The second kappa shape index (κ2) is 5.53. The van der Waals surface area contributed by atoms with E-state index in [1.165, 1.54) is 0 Å². The summed E-state index contributed by atoms with van der Waals surface area (Å²) in [4.78, 5) is 11.1. The number of hydrogen-bond acceptors (Lipinski definition) is 1. The van der Waals surface area contributed by atoms with Crippen LogP contribution in [0.5, 0.6) is 0 Å². The lowest BCUT2D eigenvalue weighted by Gasteiger charge is -2.35. The van der Waals surface area contributed by atoms with Gasteiger partial charge in [-0.2, -0.15) is 0 Å². The average Bonchev–Trinajstić information content (AvgIpc) is 2.17. The Morgan fingerprint density at radius 1 is 1.40 bits per heavy atom. The van der Waals surface area contributed by atoms with Gasteiger partial charge in [0.1, 0.15) is 0 Å². The largest absolute Gasteiger partial charge is 0.481 e. The van der Waals surface area contributed by atoms with E-state index in [0.717, 1.165) is 38.0 Å². The van der Waals surface area contributed by atoms with Gasteiger partial charge in [-0.25, -0.2) is 0 Å². The molecule has 0 saturated heterocycles. The predicted molar refractivity (Wildman–Crippen MR) is 61.7 cm³/mol. The second-order valence-corrected chi connectivity index (χ2v) is 5.31. The first-order valence-corrected chi connectivity index (χ1v) is 6.29. The molecule has 0 aliphatic heterocycles. The Morgan fingerprint density at radius 3 is 2.53 bits per heavy atom. The van der Waals surface area contributed by atoms with Crippen LogP contribution in [0.4, 0.5) is 0 Å². The van der Waals surface area contributed by atoms with Crippen LogP contribution in [0.3, 0.4) is 0 Å². The van der Waals surface area contributed by atoms with Gasteiger partial charge in [-0.15, -0.1) is 0 Å². The molecule has 3 atom stereocenters. The van der Waals surface area contributed by atoms with E-state index in [2.05, 4.69) is 20.8 Å². The SMILES string of the molecule is CCCC1CC(C(C)C)CCC1C(=O)O. The maximum atomic E-state index is 11.1. The van der Waals surface area contributed by atoms with Crippen LogP contribution in [0.2, 0.25) is 0 Å².